The van der Waals surface area contributed by atoms with Crippen molar-refractivity contribution >= 4 is 40.4 Å². The Morgan fingerprint density at radius 2 is 2.38 bits per heavy atom. The summed E-state index contributed by atoms with van der Waals surface area (Å²) < 4.78 is 0. The monoisotopic (exact) mass is 256 g/mol. The predicted molar refractivity (Wildman–Crippen MR) is 64.1 cm³/mol. The van der Waals surface area contributed by atoms with Crippen molar-refractivity contribution in [3.8, 4) is 0 Å². The second-order valence-electron chi connectivity index (χ2n) is 3.30. The minimum Gasteiger partial charge on any atom is -0.480 e. The lowest BCUT2D eigenvalue weighted by Crippen LogP contribution is -2.11. The quantitative estimate of drug-likeness (QED) is 0.829. The predicted octanol–water partition coefficient (Wildman–Crippen LogP) is 2.78. The Bertz CT molecular complexity index is 541. The molecule has 1 unspecified atom stereocenters. The number of benzene rings is 1. The molecule has 0 fully saturated rings. The second kappa shape index (κ2) is 4.35. The summed E-state index contributed by atoms with van der Waals surface area (Å²) in [7, 11) is 0. The smallest absolute Gasteiger partial charge is 0.316 e. The van der Waals surface area contributed by atoms with Crippen LogP contribution in [0, 0.1) is 0 Å². The summed E-state index contributed by atoms with van der Waals surface area (Å²) >= 11 is 7.01. The van der Waals surface area contributed by atoms with Gasteiger partial charge in [-0.25, -0.2) is 4.98 Å². The molecule has 0 spiro atoms. The third-order valence-corrected chi connectivity index (χ3v) is 3.27. The van der Waals surface area contributed by atoms with Crippen LogP contribution in [0.1, 0.15) is 6.92 Å². The van der Waals surface area contributed by atoms with Crippen LogP contribution in [0.3, 0.4) is 0 Å². The zero-order chi connectivity index (χ0) is 11.7. The number of carboxylic acid groups (broad SMARTS) is 1. The fourth-order valence-corrected chi connectivity index (χ4v) is 2.16. The summed E-state index contributed by atoms with van der Waals surface area (Å²) in [6, 6.07) is 5.31. The summed E-state index contributed by atoms with van der Waals surface area (Å²) in [6.45, 7) is 1.62. The number of imidazole rings is 1. The number of aromatic nitrogens is 2. The van der Waals surface area contributed by atoms with Gasteiger partial charge in [0.15, 0.2) is 5.16 Å². The van der Waals surface area contributed by atoms with E-state index in [1.54, 1.807) is 25.1 Å². The average Bonchev–Trinajstić information content (AvgIpc) is 2.58. The molecular formula is C10H9ClN2O2S. The Labute approximate surface area is 101 Å². The van der Waals surface area contributed by atoms with E-state index in [4.69, 9.17) is 16.7 Å². The number of hydrogen-bond acceptors (Lipinski definition) is 3. The number of halogens is 1. The first-order valence-corrected chi connectivity index (χ1v) is 5.87. The minimum absolute atomic E-state index is 0.531. The highest BCUT2D eigenvalue weighted by Gasteiger charge is 2.14. The maximum absolute atomic E-state index is 10.7. The van der Waals surface area contributed by atoms with Crippen LogP contribution < -0.4 is 0 Å². The highest BCUT2D eigenvalue weighted by Crippen LogP contribution is 2.24. The van der Waals surface area contributed by atoms with Crippen LogP contribution in [0.2, 0.25) is 5.02 Å². The molecule has 1 aromatic carbocycles. The molecule has 0 radical (unpaired) electrons. The highest BCUT2D eigenvalue weighted by atomic mass is 35.5. The molecule has 0 aliphatic carbocycles. The van der Waals surface area contributed by atoms with Gasteiger partial charge in [0.05, 0.1) is 11.0 Å². The van der Waals surface area contributed by atoms with Gasteiger partial charge in [0, 0.05) is 5.02 Å². The van der Waals surface area contributed by atoms with E-state index in [0.717, 1.165) is 11.0 Å². The van der Waals surface area contributed by atoms with Crippen molar-refractivity contribution in [2.75, 3.05) is 0 Å². The van der Waals surface area contributed by atoms with Gasteiger partial charge in [-0.2, -0.15) is 0 Å². The van der Waals surface area contributed by atoms with E-state index in [9.17, 15) is 4.79 Å². The van der Waals surface area contributed by atoms with Crippen molar-refractivity contribution in [1.29, 1.82) is 0 Å². The number of aromatic amines is 1. The fraction of sp³-hybridized carbons (Fsp3) is 0.200. The number of thioether (sulfide) groups is 1. The molecule has 0 aliphatic heterocycles. The van der Waals surface area contributed by atoms with Gasteiger partial charge in [0.2, 0.25) is 0 Å². The molecule has 1 heterocycles. The number of H-pyrrole nitrogens is 1. The van der Waals surface area contributed by atoms with Crippen molar-refractivity contribution in [3.63, 3.8) is 0 Å². The number of fused-ring (bicyclic) bond motifs is 1. The Hall–Kier alpha value is -1.20. The molecule has 1 atom stereocenters. The van der Waals surface area contributed by atoms with E-state index in [-0.39, 0.29) is 0 Å². The van der Waals surface area contributed by atoms with Crippen molar-refractivity contribution in [3.05, 3.63) is 23.2 Å². The molecule has 0 amide bonds. The number of nitrogens with one attached hydrogen (secondary N) is 1. The number of aliphatic carboxylic acids is 1. The largest absolute Gasteiger partial charge is 0.480 e. The van der Waals surface area contributed by atoms with Crippen LogP contribution in [0.15, 0.2) is 23.4 Å². The molecule has 2 aromatic rings. The Morgan fingerprint density at radius 3 is 3.06 bits per heavy atom. The Balaban J connectivity index is 2.29. The molecule has 2 N–H and O–H groups in total. The summed E-state index contributed by atoms with van der Waals surface area (Å²) in [5.74, 6) is -0.858. The van der Waals surface area contributed by atoms with E-state index >= 15 is 0 Å². The Kier molecular flexibility index (Phi) is 3.07. The number of carboxylic acids is 1. The van der Waals surface area contributed by atoms with Crippen molar-refractivity contribution < 1.29 is 9.90 Å². The van der Waals surface area contributed by atoms with Crippen LogP contribution in [-0.2, 0) is 4.79 Å². The summed E-state index contributed by atoms with van der Waals surface area (Å²) in [6.07, 6.45) is 0. The SMILES string of the molecule is CC(Sc1nc2ccc(Cl)cc2[nH]1)C(=O)O. The van der Waals surface area contributed by atoms with Crippen LogP contribution in [0.4, 0.5) is 0 Å². The first-order chi connectivity index (χ1) is 7.56. The van der Waals surface area contributed by atoms with Crippen molar-refractivity contribution in [2.24, 2.45) is 0 Å². The van der Waals surface area contributed by atoms with Gasteiger partial charge in [0.1, 0.15) is 5.25 Å². The molecule has 4 nitrogen and oxygen atoms in total. The van der Waals surface area contributed by atoms with Gasteiger partial charge >= 0.3 is 5.97 Å². The zero-order valence-corrected chi connectivity index (χ0v) is 9.97. The van der Waals surface area contributed by atoms with Gasteiger partial charge < -0.3 is 10.1 Å². The fourth-order valence-electron chi connectivity index (χ4n) is 1.23. The van der Waals surface area contributed by atoms with E-state index in [1.807, 2.05) is 0 Å². The number of rotatable bonds is 3. The second-order valence-corrected chi connectivity index (χ2v) is 5.07. The number of hydrogen-bond donors (Lipinski definition) is 2. The molecule has 6 heteroatoms. The highest BCUT2D eigenvalue weighted by molar-refractivity contribution is 8.00. The minimum atomic E-state index is -0.858. The molecule has 1 aromatic heterocycles. The van der Waals surface area contributed by atoms with Gasteiger partial charge in [-0.15, -0.1) is 0 Å². The molecule has 84 valence electrons. The lowest BCUT2D eigenvalue weighted by atomic mass is 10.3. The third-order valence-electron chi connectivity index (χ3n) is 2.06. The molecular weight excluding hydrogens is 248 g/mol. The van der Waals surface area contributed by atoms with E-state index < -0.39 is 11.2 Å². The maximum Gasteiger partial charge on any atom is 0.316 e. The first kappa shape index (κ1) is 11.3. The molecule has 2 rings (SSSR count). The van der Waals surface area contributed by atoms with Crippen LogP contribution in [0.5, 0.6) is 0 Å². The van der Waals surface area contributed by atoms with Crippen LogP contribution in [0.25, 0.3) is 11.0 Å². The van der Waals surface area contributed by atoms with E-state index in [1.165, 1.54) is 11.8 Å². The van der Waals surface area contributed by atoms with Crippen molar-refractivity contribution in [1.82, 2.24) is 9.97 Å². The van der Waals surface area contributed by atoms with Gasteiger partial charge in [-0.3, -0.25) is 4.79 Å². The Morgan fingerprint density at radius 1 is 1.62 bits per heavy atom. The van der Waals surface area contributed by atoms with Gasteiger partial charge in [-0.05, 0) is 25.1 Å². The number of carbonyl (C=O) groups is 1. The lowest BCUT2D eigenvalue weighted by molar-refractivity contribution is -0.136. The summed E-state index contributed by atoms with van der Waals surface area (Å²) in [5.41, 5.74) is 1.59. The molecule has 0 aliphatic rings. The average molecular weight is 257 g/mol. The van der Waals surface area contributed by atoms with E-state index in [0.29, 0.717) is 10.2 Å². The van der Waals surface area contributed by atoms with Gasteiger partial charge in [-0.1, -0.05) is 23.4 Å². The summed E-state index contributed by atoms with van der Waals surface area (Å²) in [4.78, 5) is 18.0. The first-order valence-electron chi connectivity index (χ1n) is 4.61. The molecule has 16 heavy (non-hydrogen) atoms. The number of nitrogens with zero attached hydrogens (tertiary/aromatic N) is 1. The zero-order valence-electron chi connectivity index (χ0n) is 8.40. The van der Waals surface area contributed by atoms with E-state index in [2.05, 4.69) is 9.97 Å². The third kappa shape index (κ3) is 2.31. The normalized spacial score (nSPS) is 12.9. The van der Waals surface area contributed by atoms with Crippen molar-refractivity contribution in [2.45, 2.75) is 17.3 Å². The van der Waals surface area contributed by atoms with Crippen LogP contribution >= 0.6 is 23.4 Å². The van der Waals surface area contributed by atoms with Gasteiger partial charge in [0.25, 0.3) is 0 Å². The summed E-state index contributed by atoms with van der Waals surface area (Å²) in [5, 5.41) is 9.46. The molecule has 0 bridgehead atoms. The molecule has 0 saturated carbocycles. The topological polar surface area (TPSA) is 66.0 Å². The molecule has 0 saturated heterocycles. The lowest BCUT2D eigenvalue weighted by Gasteiger charge is -2.00. The standard InChI is InChI=1S/C10H9ClN2O2S/c1-5(9(14)15)16-10-12-7-3-2-6(11)4-8(7)13-10/h2-5H,1H3,(H,12,13)(H,14,15). The maximum atomic E-state index is 10.7. The van der Waals surface area contributed by atoms with Crippen LogP contribution in [-0.4, -0.2) is 26.3 Å².